The van der Waals surface area contributed by atoms with Gasteiger partial charge in [0.05, 0.1) is 0 Å². The molecule has 0 aromatic rings. The van der Waals surface area contributed by atoms with Gasteiger partial charge in [-0.2, -0.15) is 0 Å². The molecule has 0 amide bonds. The molecule has 0 spiro atoms. The molecule has 2 fully saturated rings. The number of likely N-dealkylation sites (tertiary alicyclic amines) is 2. The zero-order valence-electron chi connectivity index (χ0n) is 9.08. The van der Waals surface area contributed by atoms with E-state index in [1.54, 1.807) is 0 Å². The van der Waals surface area contributed by atoms with Gasteiger partial charge in [-0.05, 0) is 44.8 Å². The van der Waals surface area contributed by atoms with Crippen molar-refractivity contribution in [1.29, 1.82) is 0 Å². The normalized spacial score (nSPS) is 34.7. The molecule has 0 bridgehead atoms. The minimum absolute atomic E-state index is 0.962. The van der Waals surface area contributed by atoms with E-state index in [0.29, 0.717) is 0 Å². The summed E-state index contributed by atoms with van der Waals surface area (Å²) in [5.41, 5.74) is 0. The lowest BCUT2D eigenvalue weighted by molar-refractivity contribution is 0.178. The lowest BCUT2D eigenvalue weighted by atomic mass is 9.89. The van der Waals surface area contributed by atoms with Crippen LogP contribution in [0.3, 0.4) is 0 Å². The Bertz CT molecular complexity index is 186. The molecule has 2 aliphatic heterocycles. The van der Waals surface area contributed by atoms with Crippen LogP contribution >= 0.6 is 15.9 Å². The maximum absolute atomic E-state index is 3.51. The van der Waals surface area contributed by atoms with Gasteiger partial charge < -0.3 is 9.80 Å². The van der Waals surface area contributed by atoms with Crippen molar-refractivity contribution in [3.8, 4) is 0 Å². The first-order valence-corrected chi connectivity index (χ1v) is 6.88. The average Bonchev–Trinajstić information content (AvgIpc) is 2.56. The summed E-state index contributed by atoms with van der Waals surface area (Å²) in [4.78, 5) is 5.16. The number of alkyl halides is 1. The summed E-state index contributed by atoms with van der Waals surface area (Å²) < 4.78 is 0. The highest BCUT2D eigenvalue weighted by Gasteiger charge is 2.35. The van der Waals surface area contributed by atoms with Gasteiger partial charge in [-0.15, -0.1) is 0 Å². The first kappa shape index (κ1) is 10.9. The zero-order valence-corrected chi connectivity index (χ0v) is 10.7. The van der Waals surface area contributed by atoms with Crippen molar-refractivity contribution < 1.29 is 0 Å². The third kappa shape index (κ3) is 2.50. The van der Waals surface area contributed by atoms with E-state index in [1.807, 2.05) is 0 Å². The largest absolute Gasteiger partial charge is 0.306 e. The van der Waals surface area contributed by atoms with Crippen molar-refractivity contribution in [1.82, 2.24) is 9.80 Å². The molecule has 14 heavy (non-hydrogen) atoms. The Balaban J connectivity index is 1.80. The molecule has 2 rings (SSSR count). The number of nitrogens with zero attached hydrogens (tertiary/aromatic N) is 2. The van der Waals surface area contributed by atoms with Gasteiger partial charge in [0, 0.05) is 25.0 Å². The quantitative estimate of drug-likeness (QED) is 0.713. The Morgan fingerprint density at radius 3 is 2.79 bits per heavy atom. The summed E-state index contributed by atoms with van der Waals surface area (Å²) in [5.74, 6) is 1.96. The van der Waals surface area contributed by atoms with Crippen LogP contribution in [-0.2, 0) is 0 Å². The molecule has 82 valence electrons. The van der Waals surface area contributed by atoms with Crippen molar-refractivity contribution in [2.45, 2.75) is 12.8 Å². The molecule has 2 aliphatic rings. The Morgan fingerprint density at radius 2 is 2.00 bits per heavy atom. The van der Waals surface area contributed by atoms with E-state index in [2.05, 4.69) is 32.8 Å². The number of hydrogen-bond donors (Lipinski definition) is 0. The minimum Gasteiger partial charge on any atom is -0.306 e. The molecule has 0 radical (unpaired) electrons. The van der Waals surface area contributed by atoms with Gasteiger partial charge in [0.2, 0.25) is 0 Å². The van der Waals surface area contributed by atoms with Gasteiger partial charge in [0.15, 0.2) is 0 Å². The van der Waals surface area contributed by atoms with E-state index in [4.69, 9.17) is 0 Å². The molecule has 3 heteroatoms. The standard InChI is InChI=1S/C11H21BrN2/c1-13-6-3-10-8-14(5-2-4-12)9-11(10)7-13/h10-11H,2-9H2,1H3. The van der Waals surface area contributed by atoms with Crippen LogP contribution in [-0.4, -0.2) is 54.9 Å². The second-order valence-electron chi connectivity index (χ2n) is 4.87. The summed E-state index contributed by atoms with van der Waals surface area (Å²) in [5, 5.41) is 1.15. The van der Waals surface area contributed by atoms with Gasteiger partial charge in [0.1, 0.15) is 0 Å². The van der Waals surface area contributed by atoms with Crippen molar-refractivity contribution in [3.05, 3.63) is 0 Å². The molecule has 2 heterocycles. The minimum atomic E-state index is 0.962. The molecule has 0 N–H and O–H groups in total. The van der Waals surface area contributed by atoms with Crippen LogP contribution in [0.4, 0.5) is 0 Å². The smallest absolute Gasteiger partial charge is 0.00434 e. The first-order chi connectivity index (χ1) is 6.79. The highest BCUT2D eigenvalue weighted by Crippen LogP contribution is 2.30. The fourth-order valence-electron chi connectivity index (χ4n) is 2.91. The molecule has 2 atom stereocenters. The molecule has 2 saturated heterocycles. The second kappa shape index (κ2) is 4.95. The van der Waals surface area contributed by atoms with Gasteiger partial charge >= 0.3 is 0 Å². The van der Waals surface area contributed by atoms with Gasteiger partial charge in [-0.25, -0.2) is 0 Å². The third-order valence-electron chi connectivity index (χ3n) is 3.69. The van der Waals surface area contributed by atoms with Crippen LogP contribution in [0, 0.1) is 11.8 Å². The summed E-state index contributed by atoms with van der Waals surface area (Å²) in [6, 6.07) is 0. The summed E-state index contributed by atoms with van der Waals surface area (Å²) in [6.07, 6.45) is 2.72. The number of hydrogen-bond acceptors (Lipinski definition) is 2. The topological polar surface area (TPSA) is 6.48 Å². The second-order valence-corrected chi connectivity index (χ2v) is 5.67. The first-order valence-electron chi connectivity index (χ1n) is 5.76. The van der Waals surface area contributed by atoms with E-state index in [9.17, 15) is 0 Å². The number of halogens is 1. The molecule has 2 unspecified atom stereocenters. The highest BCUT2D eigenvalue weighted by atomic mass is 79.9. The Morgan fingerprint density at radius 1 is 1.21 bits per heavy atom. The fourth-order valence-corrected chi connectivity index (χ4v) is 3.16. The number of piperidine rings is 1. The molecule has 0 saturated carbocycles. The molecule has 0 aromatic carbocycles. The SMILES string of the molecule is CN1CCC2CN(CCCBr)CC2C1. The number of rotatable bonds is 3. The molecule has 0 aliphatic carbocycles. The van der Waals surface area contributed by atoms with Crippen molar-refractivity contribution >= 4 is 15.9 Å². The lowest BCUT2D eigenvalue weighted by Crippen LogP contribution is -2.37. The summed E-state index contributed by atoms with van der Waals surface area (Å²) in [6.45, 7) is 6.65. The summed E-state index contributed by atoms with van der Waals surface area (Å²) >= 11 is 3.51. The van der Waals surface area contributed by atoms with Gasteiger partial charge in [-0.1, -0.05) is 15.9 Å². The maximum Gasteiger partial charge on any atom is 0.00434 e. The molecular formula is C11H21BrN2. The lowest BCUT2D eigenvalue weighted by Gasteiger charge is -2.31. The molecule has 0 aromatic heterocycles. The Kier molecular flexibility index (Phi) is 3.86. The molecule has 2 nitrogen and oxygen atoms in total. The van der Waals surface area contributed by atoms with E-state index in [0.717, 1.165) is 17.2 Å². The average molecular weight is 261 g/mol. The van der Waals surface area contributed by atoms with Crippen molar-refractivity contribution in [2.24, 2.45) is 11.8 Å². The van der Waals surface area contributed by atoms with Crippen LogP contribution in [0.25, 0.3) is 0 Å². The van der Waals surface area contributed by atoms with Crippen molar-refractivity contribution in [3.63, 3.8) is 0 Å². The Labute approximate surface area is 95.8 Å². The Hall–Kier alpha value is 0.400. The van der Waals surface area contributed by atoms with E-state index >= 15 is 0 Å². The van der Waals surface area contributed by atoms with Crippen LogP contribution in [0.1, 0.15) is 12.8 Å². The number of fused-ring (bicyclic) bond motifs is 1. The van der Waals surface area contributed by atoms with E-state index < -0.39 is 0 Å². The van der Waals surface area contributed by atoms with Crippen LogP contribution < -0.4 is 0 Å². The summed E-state index contributed by atoms with van der Waals surface area (Å²) in [7, 11) is 2.26. The van der Waals surface area contributed by atoms with Crippen LogP contribution in [0.15, 0.2) is 0 Å². The predicted octanol–water partition coefficient (Wildman–Crippen LogP) is 1.65. The van der Waals surface area contributed by atoms with E-state index in [-0.39, 0.29) is 0 Å². The van der Waals surface area contributed by atoms with Gasteiger partial charge in [0.25, 0.3) is 0 Å². The maximum atomic E-state index is 3.51. The third-order valence-corrected chi connectivity index (χ3v) is 4.25. The zero-order chi connectivity index (χ0) is 9.97. The van der Waals surface area contributed by atoms with E-state index in [1.165, 1.54) is 45.6 Å². The fraction of sp³-hybridized carbons (Fsp3) is 1.00. The van der Waals surface area contributed by atoms with Crippen molar-refractivity contribution in [2.75, 3.05) is 45.1 Å². The highest BCUT2D eigenvalue weighted by molar-refractivity contribution is 9.09. The predicted molar refractivity (Wildman–Crippen MR) is 63.9 cm³/mol. The van der Waals surface area contributed by atoms with Gasteiger partial charge in [-0.3, -0.25) is 0 Å². The van der Waals surface area contributed by atoms with Crippen LogP contribution in [0.2, 0.25) is 0 Å². The van der Waals surface area contributed by atoms with Crippen LogP contribution in [0.5, 0.6) is 0 Å². The molecular weight excluding hydrogens is 240 g/mol. The monoisotopic (exact) mass is 260 g/mol.